The number of anilines is 1. The Bertz CT molecular complexity index is 1260. The molecule has 4 rings (SSSR count). The van der Waals surface area contributed by atoms with Crippen molar-refractivity contribution in [1.29, 1.82) is 0 Å². The number of carbonyl (C=O) groups is 3. The number of benzene rings is 2. The van der Waals surface area contributed by atoms with Crippen molar-refractivity contribution >= 4 is 36.8 Å². The maximum absolute atomic E-state index is 13.3. The van der Waals surface area contributed by atoms with Gasteiger partial charge in [-0.1, -0.05) is 29.7 Å². The first kappa shape index (κ1) is 24.1. The summed E-state index contributed by atoms with van der Waals surface area (Å²) in [5.74, 6) is -1.57. The van der Waals surface area contributed by atoms with Gasteiger partial charge in [0.15, 0.2) is 5.69 Å². The van der Waals surface area contributed by atoms with E-state index in [1.165, 1.54) is 17.0 Å². The van der Waals surface area contributed by atoms with E-state index in [9.17, 15) is 18.8 Å². The largest absolute Gasteiger partial charge is 0.458 e. The van der Waals surface area contributed by atoms with Crippen LogP contribution in [0.1, 0.15) is 56.2 Å². The van der Waals surface area contributed by atoms with Gasteiger partial charge in [-0.25, -0.2) is 14.2 Å². The minimum atomic E-state index is -0.570. The molecule has 1 aliphatic heterocycles. The standard InChI is InChI=1S/C26H25BFN3O4/c1-15(2)35-26(34)23-22(21(27)17(14-30-23)13-16-7-9-18(28)10-8-16)29-11-12-31-24(32)19-5-3-4-6-20(19)25(31)33/h3-10,14-15,29H,11-13,27H2,1-2H3. The average Bonchev–Trinajstić information content (AvgIpc) is 3.07. The van der Waals surface area contributed by atoms with Crippen LogP contribution < -0.4 is 10.8 Å². The quantitative estimate of drug-likeness (QED) is 0.307. The molecule has 0 atom stereocenters. The highest BCUT2D eigenvalue weighted by Gasteiger charge is 2.34. The van der Waals surface area contributed by atoms with Gasteiger partial charge in [0.25, 0.3) is 11.8 Å². The maximum atomic E-state index is 13.3. The van der Waals surface area contributed by atoms with E-state index >= 15 is 0 Å². The first-order valence-electron chi connectivity index (χ1n) is 11.4. The highest BCUT2D eigenvalue weighted by Crippen LogP contribution is 2.22. The highest BCUT2D eigenvalue weighted by molar-refractivity contribution is 6.37. The van der Waals surface area contributed by atoms with Crippen LogP contribution in [0, 0.1) is 5.82 Å². The number of hydrogen-bond acceptors (Lipinski definition) is 6. The monoisotopic (exact) mass is 473 g/mol. The lowest BCUT2D eigenvalue weighted by Gasteiger charge is -2.19. The molecular weight excluding hydrogens is 448 g/mol. The molecule has 2 aromatic carbocycles. The second-order valence-electron chi connectivity index (χ2n) is 8.62. The molecule has 0 saturated carbocycles. The molecule has 35 heavy (non-hydrogen) atoms. The lowest BCUT2D eigenvalue weighted by molar-refractivity contribution is 0.0371. The van der Waals surface area contributed by atoms with Crippen molar-refractivity contribution < 1.29 is 23.5 Å². The van der Waals surface area contributed by atoms with E-state index in [1.54, 1.807) is 56.4 Å². The van der Waals surface area contributed by atoms with Gasteiger partial charge in [-0.15, -0.1) is 0 Å². The average molecular weight is 473 g/mol. The van der Waals surface area contributed by atoms with Gasteiger partial charge in [-0.3, -0.25) is 14.5 Å². The van der Waals surface area contributed by atoms with E-state index < -0.39 is 5.97 Å². The van der Waals surface area contributed by atoms with E-state index in [1.807, 2.05) is 7.85 Å². The summed E-state index contributed by atoms with van der Waals surface area (Å²) in [4.78, 5) is 43.6. The Morgan fingerprint density at radius 1 is 1.09 bits per heavy atom. The third-order valence-electron chi connectivity index (χ3n) is 5.80. The number of rotatable bonds is 8. The lowest BCUT2D eigenvalue weighted by Crippen LogP contribution is -2.35. The number of carbonyl (C=O) groups excluding carboxylic acids is 3. The van der Waals surface area contributed by atoms with Crippen LogP contribution >= 0.6 is 0 Å². The van der Waals surface area contributed by atoms with Crippen molar-refractivity contribution in [3.63, 3.8) is 0 Å². The van der Waals surface area contributed by atoms with Crippen LogP contribution in [0.3, 0.4) is 0 Å². The SMILES string of the molecule is Bc1c(Cc2ccc(F)cc2)cnc(C(=O)OC(C)C)c1NCCN1C(=O)c2ccccc2C1=O. The Balaban J connectivity index is 1.56. The smallest absolute Gasteiger partial charge is 0.359 e. The van der Waals surface area contributed by atoms with Crippen LogP contribution in [-0.4, -0.2) is 54.7 Å². The Morgan fingerprint density at radius 2 is 1.71 bits per heavy atom. The summed E-state index contributed by atoms with van der Waals surface area (Å²) in [5.41, 5.74) is 3.90. The molecule has 0 bridgehead atoms. The number of nitrogens with one attached hydrogen (secondary N) is 1. The number of esters is 1. The first-order valence-corrected chi connectivity index (χ1v) is 11.4. The van der Waals surface area contributed by atoms with Crippen molar-refractivity contribution in [3.8, 4) is 0 Å². The predicted molar refractivity (Wildman–Crippen MR) is 132 cm³/mol. The molecular formula is C26H25BFN3O4. The molecule has 0 aliphatic carbocycles. The molecule has 0 spiro atoms. The molecule has 1 aliphatic rings. The number of imide groups is 1. The summed E-state index contributed by atoms with van der Waals surface area (Å²) in [6.45, 7) is 3.84. The van der Waals surface area contributed by atoms with Crippen molar-refractivity contribution in [3.05, 3.63) is 88.5 Å². The number of nitrogens with zero attached hydrogens (tertiary/aromatic N) is 2. The molecule has 3 aromatic rings. The van der Waals surface area contributed by atoms with Gasteiger partial charge >= 0.3 is 5.97 Å². The molecule has 7 nitrogen and oxygen atoms in total. The fourth-order valence-corrected chi connectivity index (χ4v) is 4.02. The zero-order valence-corrected chi connectivity index (χ0v) is 19.8. The molecule has 9 heteroatoms. The van der Waals surface area contributed by atoms with E-state index in [2.05, 4.69) is 10.3 Å². The van der Waals surface area contributed by atoms with Gasteiger partial charge in [0.1, 0.15) is 13.7 Å². The van der Waals surface area contributed by atoms with Gasteiger partial charge in [-0.2, -0.15) is 0 Å². The molecule has 1 N–H and O–H groups in total. The molecule has 0 unspecified atom stereocenters. The fraction of sp³-hybridized carbons (Fsp3) is 0.231. The summed E-state index contributed by atoms with van der Waals surface area (Å²) in [6, 6.07) is 12.9. The van der Waals surface area contributed by atoms with Gasteiger partial charge in [0.2, 0.25) is 0 Å². The number of amides is 2. The Kier molecular flexibility index (Phi) is 6.96. The Hall–Kier alpha value is -4.01. The van der Waals surface area contributed by atoms with Gasteiger partial charge < -0.3 is 10.1 Å². The van der Waals surface area contributed by atoms with Crippen LogP contribution in [0.25, 0.3) is 0 Å². The topological polar surface area (TPSA) is 88.6 Å². The van der Waals surface area contributed by atoms with Crippen LogP contribution in [0.15, 0.2) is 54.7 Å². The predicted octanol–water partition coefficient (Wildman–Crippen LogP) is 2.34. The summed E-state index contributed by atoms with van der Waals surface area (Å²) in [6.07, 6.45) is 1.78. The van der Waals surface area contributed by atoms with E-state index in [0.29, 0.717) is 23.2 Å². The molecule has 1 aromatic heterocycles. The third-order valence-corrected chi connectivity index (χ3v) is 5.80. The summed E-state index contributed by atoms with van der Waals surface area (Å²) >= 11 is 0. The van der Waals surface area contributed by atoms with Crippen LogP contribution in [-0.2, 0) is 11.2 Å². The number of aromatic nitrogens is 1. The molecule has 178 valence electrons. The van der Waals surface area contributed by atoms with Crippen molar-refractivity contribution in [2.75, 3.05) is 18.4 Å². The highest BCUT2D eigenvalue weighted by atomic mass is 19.1. The second-order valence-corrected chi connectivity index (χ2v) is 8.62. The molecule has 0 fully saturated rings. The summed E-state index contributed by atoms with van der Waals surface area (Å²) < 4.78 is 18.7. The zero-order chi connectivity index (χ0) is 25.1. The zero-order valence-electron chi connectivity index (χ0n) is 19.8. The van der Waals surface area contributed by atoms with Crippen molar-refractivity contribution in [2.24, 2.45) is 0 Å². The minimum absolute atomic E-state index is 0.118. The number of halogens is 1. The molecule has 2 heterocycles. The summed E-state index contributed by atoms with van der Waals surface area (Å²) in [7, 11) is 1.86. The maximum Gasteiger partial charge on any atom is 0.359 e. The van der Waals surface area contributed by atoms with Crippen LogP contribution in [0.5, 0.6) is 0 Å². The summed E-state index contributed by atoms with van der Waals surface area (Å²) in [5, 5.41) is 3.20. The third kappa shape index (κ3) is 5.08. The van der Waals surface area contributed by atoms with E-state index in [-0.39, 0.29) is 42.5 Å². The lowest BCUT2D eigenvalue weighted by atomic mass is 9.86. The number of pyridine rings is 1. The molecule has 0 radical (unpaired) electrons. The fourth-order valence-electron chi connectivity index (χ4n) is 4.02. The number of hydrogen-bond donors (Lipinski definition) is 1. The Labute approximate surface area is 203 Å². The van der Waals surface area contributed by atoms with Crippen LogP contribution in [0.4, 0.5) is 10.1 Å². The van der Waals surface area contributed by atoms with E-state index in [0.717, 1.165) is 16.6 Å². The second kappa shape index (κ2) is 10.1. The molecule has 0 saturated heterocycles. The first-order chi connectivity index (χ1) is 16.8. The number of ether oxygens (including phenoxy) is 1. The van der Waals surface area contributed by atoms with Crippen molar-refractivity contribution in [1.82, 2.24) is 9.88 Å². The van der Waals surface area contributed by atoms with Gasteiger partial charge in [0.05, 0.1) is 22.9 Å². The molecule has 2 amide bonds. The normalized spacial score (nSPS) is 12.7. The van der Waals surface area contributed by atoms with Crippen molar-refractivity contribution in [2.45, 2.75) is 26.4 Å². The number of fused-ring (bicyclic) bond motifs is 1. The van der Waals surface area contributed by atoms with Gasteiger partial charge in [0, 0.05) is 19.3 Å². The van der Waals surface area contributed by atoms with Crippen LogP contribution in [0.2, 0.25) is 0 Å². The Morgan fingerprint density at radius 3 is 2.31 bits per heavy atom. The minimum Gasteiger partial charge on any atom is -0.458 e. The van der Waals surface area contributed by atoms with E-state index in [4.69, 9.17) is 4.74 Å². The van der Waals surface area contributed by atoms with Gasteiger partial charge in [-0.05, 0) is 55.7 Å².